The summed E-state index contributed by atoms with van der Waals surface area (Å²) in [5.74, 6) is 0.208. The molecule has 0 saturated heterocycles. The number of nitrogens with zero attached hydrogens (tertiary/aromatic N) is 2. The minimum Gasteiger partial charge on any atom is -0.326 e. The van der Waals surface area contributed by atoms with Crippen LogP contribution in [0.1, 0.15) is 32.6 Å². The van der Waals surface area contributed by atoms with Gasteiger partial charge < -0.3 is 5.32 Å². The fourth-order valence-corrected chi connectivity index (χ4v) is 2.60. The second-order valence-corrected chi connectivity index (χ2v) is 6.76. The predicted molar refractivity (Wildman–Crippen MR) is 114 cm³/mol. The van der Waals surface area contributed by atoms with Crippen molar-refractivity contribution < 1.29 is 4.79 Å². The van der Waals surface area contributed by atoms with Crippen molar-refractivity contribution in [2.75, 3.05) is 5.32 Å². The van der Waals surface area contributed by atoms with E-state index in [1.807, 2.05) is 75.4 Å². The Balaban J connectivity index is 1.80. The van der Waals surface area contributed by atoms with Gasteiger partial charge in [0.2, 0.25) is 5.96 Å². The van der Waals surface area contributed by atoms with Gasteiger partial charge in [0.15, 0.2) is 0 Å². The highest BCUT2D eigenvalue weighted by molar-refractivity contribution is 6.10. The van der Waals surface area contributed by atoms with Gasteiger partial charge >= 0.3 is 0 Å². The van der Waals surface area contributed by atoms with Gasteiger partial charge in [-0.2, -0.15) is 0 Å². The van der Waals surface area contributed by atoms with Gasteiger partial charge in [-0.05, 0) is 73.9 Å². The van der Waals surface area contributed by atoms with Crippen molar-refractivity contribution in [1.82, 2.24) is 10.3 Å². The highest BCUT2D eigenvalue weighted by atomic mass is 16.1. The molecule has 142 valence electrons. The number of carbonyl (C=O) groups excluding carboxylic acids is 1. The molecule has 0 fully saturated rings. The highest BCUT2D eigenvalue weighted by Gasteiger charge is 2.10. The number of nitrogens with one attached hydrogen (secondary N) is 2. The average Bonchev–Trinajstić information content (AvgIpc) is 2.70. The Labute approximate surface area is 165 Å². The van der Waals surface area contributed by atoms with Crippen LogP contribution in [0.4, 0.5) is 5.69 Å². The number of hydrogen-bond acceptors (Lipinski definition) is 3. The van der Waals surface area contributed by atoms with Gasteiger partial charge in [0.25, 0.3) is 5.91 Å². The third-order valence-corrected chi connectivity index (χ3v) is 4.48. The number of aromatic nitrogens is 1. The number of aliphatic imine (C=N–C) groups is 1. The molecule has 0 aliphatic carbocycles. The van der Waals surface area contributed by atoms with Gasteiger partial charge in [-0.1, -0.05) is 23.8 Å². The number of rotatable bonds is 4. The summed E-state index contributed by atoms with van der Waals surface area (Å²) in [6.45, 7) is 6.49. The minimum absolute atomic E-state index is 0.198. The molecule has 0 aliphatic heterocycles. The van der Waals surface area contributed by atoms with Crippen molar-refractivity contribution in [3.8, 4) is 0 Å². The van der Waals surface area contributed by atoms with E-state index in [1.54, 1.807) is 12.4 Å². The van der Waals surface area contributed by atoms with Gasteiger partial charge in [0, 0.05) is 23.6 Å². The van der Waals surface area contributed by atoms with Crippen LogP contribution >= 0.6 is 0 Å². The van der Waals surface area contributed by atoms with Crippen molar-refractivity contribution in [3.05, 3.63) is 94.8 Å². The lowest BCUT2D eigenvalue weighted by Gasteiger charge is -2.13. The summed E-state index contributed by atoms with van der Waals surface area (Å²) in [4.78, 5) is 21.3. The van der Waals surface area contributed by atoms with Crippen LogP contribution in [0.25, 0.3) is 0 Å². The van der Waals surface area contributed by atoms with Crippen molar-refractivity contribution in [2.24, 2.45) is 4.99 Å². The van der Waals surface area contributed by atoms with Gasteiger partial charge in [0.05, 0.1) is 6.54 Å². The molecular weight excluding hydrogens is 348 g/mol. The molecule has 2 N–H and O–H groups in total. The fourth-order valence-electron chi connectivity index (χ4n) is 2.60. The molecule has 0 radical (unpaired) electrons. The first-order valence-electron chi connectivity index (χ1n) is 9.17. The summed E-state index contributed by atoms with van der Waals surface area (Å²) in [5.41, 5.74) is 5.87. The zero-order valence-corrected chi connectivity index (χ0v) is 16.4. The Kier molecular flexibility index (Phi) is 6.17. The number of guanidine groups is 1. The SMILES string of the molecule is Cc1ccc(NC(=NCc2ccncc2)NC(=O)c2ccc(C)c(C)c2)cc1. The Morgan fingerprint density at radius 1 is 0.929 bits per heavy atom. The average molecular weight is 372 g/mol. The topological polar surface area (TPSA) is 66.4 Å². The van der Waals surface area contributed by atoms with E-state index in [2.05, 4.69) is 20.6 Å². The van der Waals surface area contributed by atoms with Crippen LogP contribution in [-0.4, -0.2) is 16.9 Å². The molecule has 5 heteroatoms. The maximum absolute atomic E-state index is 12.7. The maximum Gasteiger partial charge on any atom is 0.257 e. The molecule has 0 atom stereocenters. The van der Waals surface area contributed by atoms with Crippen molar-refractivity contribution >= 4 is 17.6 Å². The van der Waals surface area contributed by atoms with Crippen LogP contribution in [0, 0.1) is 20.8 Å². The Morgan fingerprint density at radius 2 is 1.64 bits per heavy atom. The molecular formula is C23H24N4O. The molecule has 0 saturated carbocycles. The lowest BCUT2D eigenvalue weighted by atomic mass is 10.1. The molecule has 3 rings (SSSR count). The number of benzene rings is 2. The Morgan fingerprint density at radius 3 is 2.32 bits per heavy atom. The van der Waals surface area contributed by atoms with Gasteiger partial charge in [-0.15, -0.1) is 0 Å². The summed E-state index contributed by atoms with van der Waals surface area (Å²) >= 11 is 0. The van der Waals surface area contributed by atoms with Crippen LogP contribution in [0.3, 0.4) is 0 Å². The zero-order valence-electron chi connectivity index (χ0n) is 16.4. The number of carbonyl (C=O) groups is 1. The Hall–Kier alpha value is -3.47. The van der Waals surface area contributed by atoms with E-state index in [4.69, 9.17) is 0 Å². The summed E-state index contributed by atoms with van der Waals surface area (Å²) in [6, 6.07) is 17.4. The van der Waals surface area contributed by atoms with Crippen LogP contribution in [-0.2, 0) is 6.54 Å². The molecule has 0 unspecified atom stereocenters. The molecule has 0 aliphatic rings. The van der Waals surface area contributed by atoms with Crippen LogP contribution in [0.2, 0.25) is 0 Å². The molecule has 2 aromatic carbocycles. The van der Waals surface area contributed by atoms with E-state index < -0.39 is 0 Å². The van der Waals surface area contributed by atoms with E-state index in [9.17, 15) is 4.79 Å². The van der Waals surface area contributed by atoms with Gasteiger partial charge in [0.1, 0.15) is 0 Å². The third kappa shape index (κ3) is 5.27. The summed E-state index contributed by atoms with van der Waals surface area (Å²) in [5, 5.41) is 6.10. The maximum atomic E-state index is 12.7. The zero-order chi connectivity index (χ0) is 19.9. The predicted octanol–water partition coefficient (Wildman–Crippen LogP) is 4.40. The number of hydrogen-bond donors (Lipinski definition) is 2. The summed E-state index contributed by atoms with van der Waals surface area (Å²) < 4.78 is 0. The van der Waals surface area contributed by atoms with Gasteiger partial charge in [-0.3, -0.25) is 15.1 Å². The van der Waals surface area contributed by atoms with Crippen LogP contribution < -0.4 is 10.6 Å². The smallest absolute Gasteiger partial charge is 0.257 e. The molecule has 1 heterocycles. The first kappa shape index (κ1) is 19.3. The van der Waals surface area contributed by atoms with Gasteiger partial charge in [-0.25, -0.2) is 4.99 Å². The molecule has 0 spiro atoms. The number of anilines is 1. The Bertz CT molecular complexity index is 979. The second kappa shape index (κ2) is 8.95. The first-order chi connectivity index (χ1) is 13.5. The van der Waals surface area contributed by atoms with E-state index >= 15 is 0 Å². The lowest BCUT2D eigenvalue weighted by molar-refractivity contribution is 0.0977. The number of pyridine rings is 1. The van der Waals surface area contributed by atoms with Crippen LogP contribution in [0.5, 0.6) is 0 Å². The molecule has 0 bridgehead atoms. The molecule has 3 aromatic rings. The third-order valence-electron chi connectivity index (χ3n) is 4.48. The van der Waals surface area contributed by atoms with Crippen molar-refractivity contribution in [2.45, 2.75) is 27.3 Å². The summed E-state index contributed by atoms with van der Waals surface area (Å²) in [6.07, 6.45) is 3.46. The highest BCUT2D eigenvalue weighted by Crippen LogP contribution is 2.11. The normalized spacial score (nSPS) is 11.2. The second-order valence-electron chi connectivity index (χ2n) is 6.76. The van der Waals surface area contributed by atoms with Crippen molar-refractivity contribution in [3.63, 3.8) is 0 Å². The largest absolute Gasteiger partial charge is 0.326 e. The van der Waals surface area contributed by atoms with E-state index in [0.29, 0.717) is 18.1 Å². The fraction of sp³-hybridized carbons (Fsp3) is 0.174. The van der Waals surface area contributed by atoms with E-state index in [-0.39, 0.29) is 5.91 Å². The summed E-state index contributed by atoms with van der Waals surface area (Å²) in [7, 11) is 0. The molecule has 28 heavy (non-hydrogen) atoms. The number of amides is 1. The van der Waals surface area contributed by atoms with E-state index in [0.717, 1.165) is 22.4 Å². The molecule has 1 amide bonds. The first-order valence-corrected chi connectivity index (χ1v) is 9.17. The molecule has 1 aromatic heterocycles. The molecule has 5 nitrogen and oxygen atoms in total. The monoisotopic (exact) mass is 372 g/mol. The van der Waals surface area contributed by atoms with Crippen LogP contribution in [0.15, 0.2) is 72.0 Å². The quantitative estimate of drug-likeness (QED) is 0.527. The van der Waals surface area contributed by atoms with E-state index in [1.165, 1.54) is 5.56 Å². The minimum atomic E-state index is -0.198. The number of aryl methyl sites for hydroxylation is 3. The van der Waals surface area contributed by atoms with Crippen molar-refractivity contribution in [1.29, 1.82) is 0 Å². The lowest BCUT2D eigenvalue weighted by Crippen LogP contribution is -2.36. The standard InChI is InChI=1S/C23H24N4O/c1-16-4-8-21(9-5-16)26-23(25-15-19-10-12-24-13-11-19)27-22(28)20-7-6-17(2)18(3)14-20/h4-14H,15H2,1-3H3,(H2,25,26,27,28).